The predicted molar refractivity (Wildman–Crippen MR) is 72.4 cm³/mol. The largest absolute Gasteiger partial charge is 0.323 e. The lowest BCUT2D eigenvalue weighted by Crippen LogP contribution is -1.91. The van der Waals surface area contributed by atoms with E-state index in [0.717, 1.165) is 5.52 Å². The molecule has 3 rings (SSSR count). The third-order valence-corrected chi connectivity index (χ3v) is 2.89. The molecule has 94 valence electrons. The van der Waals surface area contributed by atoms with Crippen LogP contribution in [-0.4, -0.2) is 15.6 Å². The molecule has 19 heavy (non-hydrogen) atoms. The summed E-state index contributed by atoms with van der Waals surface area (Å²) in [4.78, 5) is 4.40. The van der Waals surface area contributed by atoms with Crippen molar-refractivity contribution in [1.29, 1.82) is 0 Å². The maximum Gasteiger partial charge on any atom is 0.148 e. The van der Waals surface area contributed by atoms with Crippen molar-refractivity contribution in [1.82, 2.24) is 9.38 Å². The standard InChI is InChI=1S/C14H11FN4/c15-11-6-2-1-5-10(11)14-18-12(9-17-16)13-7-3-4-8-19(13)14/h1-9H,16H2. The highest BCUT2D eigenvalue weighted by Crippen LogP contribution is 2.24. The van der Waals surface area contributed by atoms with Crippen molar-refractivity contribution < 1.29 is 4.39 Å². The molecule has 0 amide bonds. The Hall–Kier alpha value is -2.69. The molecule has 0 radical (unpaired) electrons. The number of imidazole rings is 1. The average molecular weight is 254 g/mol. The van der Waals surface area contributed by atoms with Crippen LogP contribution in [0.1, 0.15) is 5.69 Å². The van der Waals surface area contributed by atoms with Gasteiger partial charge in [-0.2, -0.15) is 5.10 Å². The Labute approximate surface area is 109 Å². The zero-order valence-electron chi connectivity index (χ0n) is 9.99. The lowest BCUT2D eigenvalue weighted by molar-refractivity contribution is 0.630. The first-order chi connectivity index (χ1) is 9.31. The number of halogens is 1. The number of fused-ring (bicyclic) bond motifs is 1. The maximum atomic E-state index is 13.9. The molecule has 0 saturated carbocycles. The maximum absolute atomic E-state index is 13.9. The molecule has 0 atom stereocenters. The van der Waals surface area contributed by atoms with Crippen LogP contribution in [0.5, 0.6) is 0 Å². The molecule has 5 heteroatoms. The first-order valence-electron chi connectivity index (χ1n) is 5.76. The second-order valence-corrected chi connectivity index (χ2v) is 4.03. The molecular weight excluding hydrogens is 243 g/mol. The molecule has 0 saturated heterocycles. The average Bonchev–Trinajstić information content (AvgIpc) is 2.79. The number of aromatic nitrogens is 2. The fraction of sp³-hybridized carbons (Fsp3) is 0. The molecule has 0 fully saturated rings. The summed E-state index contributed by atoms with van der Waals surface area (Å²) in [5.41, 5.74) is 1.89. The Bertz CT molecular complexity index is 761. The minimum atomic E-state index is -0.311. The van der Waals surface area contributed by atoms with E-state index < -0.39 is 0 Å². The molecular formula is C14H11FN4. The van der Waals surface area contributed by atoms with Crippen LogP contribution in [0.25, 0.3) is 16.9 Å². The van der Waals surface area contributed by atoms with Crippen molar-refractivity contribution >= 4 is 11.7 Å². The monoisotopic (exact) mass is 254 g/mol. The summed E-state index contributed by atoms with van der Waals surface area (Å²) in [6.07, 6.45) is 3.29. The molecule has 0 aliphatic heterocycles. The van der Waals surface area contributed by atoms with Gasteiger partial charge in [0.1, 0.15) is 17.3 Å². The van der Waals surface area contributed by atoms with E-state index in [-0.39, 0.29) is 5.82 Å². The van der Waals surface area contributed by atoms with Gasteiger partial charge in [0.05, 0.1) is 17.3 Å². The summed E-state index contributed by atoms with van der Waals surface area (Å²) in [5, 5.41) is 3.49. The minimum absolute atomic E-state index is 0.311. The van der Waals surface area contributed by atoms with Gasteiger partial charge in [-0.3, -0.25) is 4.40 Å². The molecule has 2 N–H and O–H groups in total. The molecule has 0 spiro atoms. The summed E-state index contributed by atoms with van der Waals surface area (Å²) >= 11 is 0. The van der Waals surface area contributed by atoms with Crippen molar-refractivity contribution in [2.45, 2.75) is 0 Å². The minimum Gasteiger partial charge on any atom is -0.323 e. The van der Waals surface area contributed by atoms with Crippen LogP contribution in [0.15, 0.2) is 53.8 Å². The number of nitrogens with two attached hydrogens (primary N) is 1. The Balaban J connectivity index is 2.33. The van der Waals surface area contributed by atoms with Gasteiger partial charge >= 0.3 is 0 Å². The van der Waals surface area contributed by atoms with Crippen molar-refractivity contribution in [3.05, 3.63) is 60.2 Å². The molecule has 3 aromatic rings. The second-order valence-electron chi connectivity index (χ2n) is 4.03. The van der Waals surface area contributed by atoms with E-state index in [1.807, 2.05) is 28.8 Å². The van der Waals surface area contributed by atoms with E-state index >= 15 is 0 Å². The Morgan fingerprint density at radius 1 is 1.16 bits per heavy atom. The molecule has 0 bridgehead atoms. The summed E-state index contributed by atoms with van der Waals surface area (Å²) in [5.74, 6) is 5.40. The number of benzene rings is 1. The van der Waals surface area contributed by atoms with Crippen LogP contribution < -0.4 is 5.84 Å². The number of rotatable bonds is 2. The smallest absolute Gasteiger partial charge is 0.148 e. The lowest BCUT2D eigenvalue weighted by Gasteiger charge is -2.01. The number of hydrogen-bond donors (Lipinski definition) is 1. The van der Waals surface area contributed by atoms with Gasteiger partial charge in [0.25, 0.3) is 0 Å². The molecule has 0 aliphatic carbocycles. The fourth-order valence-electron chi connectivity index (χ4n) is 2.06. The normalized spacial score (nSPS) is 11.4. The van der Waals surface area contributed by atoms with E-state index in [2.05, 4.69) is 10.1 Å². The number of hydrazone groups is 1. The topological polar surface area (TPSA) is 55.7 Å². The van der Waals surface area contributed by atoms with Gasteiger partial charge in [-0.1, -0.05) is 18.2 Å². The van der Waals surface area contributed by atoms with E-state index in [9.17, 15) is 4.39 Å². The SMILES string of the molecule is NN=Cc1nc(-c2ccccc2F)n2ccccc12. The quantitative estimate of drug-likeness (QED) is 0.434. The van der Waals surface area contributed by atoms with Gasteiger partial charge in [0.2, 0.25) is 0 Å². The van der Waals surface area contributed by atoms with Crippen LogP contribution in [0.2, 0.25) is 0 Å². The zero-order valence-corrected chi connectivity index (χ0v) is 9.99. The number of hydrogen-bond acceptors (Lipinski definition) is 3. The summed E-state index contributed by atoms with van der Waals surface area (Å²) in [6.45, 7) is 0. The molecule has 2 aromatic heterocycles. The highest BCUT2D eigenvalue weighted by Gasteiger charge is 2.13. The van der Waals surface area contributed by atoms with Crippen LogP contribution in [0.4, 0.5) is 4.39 Å². The van der Waals surface area contributed by atoms with Gasteiger partial charge in [-0.05, 0) is 24.3 Å². The predicted octanol–water partition coefficient (Wildman–Crippen LogP) is 2.43. The van der Waals surface area contributed by atoms with E-state index in [0.29, 0.717) is 17.1 Å². The van der Waals surface area contributed by atoms with E-state index in [1.54, 1.807) is 18.2 Å². The van der Waals surface area contributed by atoms with Crippen LogP contribution in [0.3, 0.4) is 0 Å². The first-order valence-corrected chi connectivity index (χ1v) is 5.76. The molecule has 2 heterocycles. The van der Waals surface area contributed by atoms with Crippen LogP contribution >= 0.6 is 0 Å². The highest BCUT2D eigenvalue weighted by atomic mass is 19.1. The third-order valence-electron chi connectivity index (χ3n) is 2.89. The Morgan fingerprint density at radius 3 is 2.74 bits per heavy atom. The van der Waals surface area contributed by atoms with Crippen molar-refractivity contribution in [2.24, 2.45) is 10.9 Å². The molecule has 0 unspecified atom stereocenters. The fourth-order valence-corrected chi connectivity index (χ4v) is 2.06. The van der Waals surface area contributed by atoms with Crippen LogP contribution in [-0.2, 0) is 0 Å². The van der Waals surface area contributed by atoms with Gasteiger partial charge in [-0.25, -0.2) is 9.37 Å². The van der Waals surface area contributed by atoms with Crippen molar-refractivity contribution in [2.75, 3.05) is 0 Å². The van der Waals surface area contributed by atoms with Crippen LogP contribution in [0, 0.1) is 5.82 Å². The number of pyridine rings is 1. The van der Waals surface area contributed by atoms with Crippen molar-refractivity contribution in [3.63, 3.8) is 0 Å². The van der Waals surface area contributed by atoms with E-state index in [4.69, 9.17) is 5.84 Å². The van der Waals surface area contributed by atoms with Gasteiger partial charge in [0.15, 0.2) is 0 Å². The molecule has 0 aliphatic rings. The van der Waals surface area contributed by atoms with Gasteiger partial charge < -0.3 is 5.84 Å². The first kappa shape index (κ1) is 11.4. The highest BCUT2D eigenvalue weighted by molar-refractivity contribution is 5.88. The molecule has 4 nitrogen and oxygen atoms in total. The lowest BCUT2D eigenvalue weighted by atomic mass is 10.2. The molecule has 1 aromatic carbocycles. The Morgan fingerprint density at radius 2 is 1.95 bits per heavy atom. The summed E-state index contributed by atoms with van der Waals surface area (Å²) in [7, 11) is 0. The van der Waals surface area contributed by atoms with Gasteiger partial charge in [0, 0.05) is 6.20 Å². The number of nitrogens with zero attached hydrogens (tertiary/aromatic N) is 3. The summed E-state index contributed by atoms with van der Waals surface area (Å²) in [6, 6.07) is 12.2. The van der Waals surface area contributed by atoms with Gasteiger partial charge in [-0.15, -0.1) is 0 Å². The zero-order chi connectivity index (χ0) is 13.2. The third kappa shape index (κ3) is 1.85. The second kappa shape index (κ2) is 4.53. The van der Waals surface area contributed by atoms with E-state index in [1.165, 1.54) is 12.3 Å². The van der Waals surface area contributed by atoms with Crippen molar-refractivity contribution in [3.8, 4) is 11.4 Å². The Kier molecular flexibility index (Phi) is 2.72. The summed E-state index contributed by atoms with van der Waals surface area (Å²) < 4.78 is 15.7.